The van der Waals surface area contributed by atoms with E-state index in [4.69, 9.17) is 0 Å². The minimum atomic E-state index is -4.47. The van der Waals surface area contributed by atoms with Crippen molar-refractivity contribution in [1.29, 1.82) is 0 Å². The molecule has 11 heteroatoms. The van der Waals surface area contributed by atoms with Crippen molar-refractivity contribution in [2.75, 3.05) is 10.6 Å². The Morgan fingerprint density at radius 1 is 1.07 bits per heavy atom. The van der Waals surface area contributed by atoms with Crippen molar-refractivity contribution in [3.05, 3.63) is 72.3 Å². The average Bonchev–Trinajstić information content (AvgIpc) is 3.11. The molecule has 0 aliphatic rings. The van der Waals surface area contributed by atoms with Gasteiger partial charge < -0.3 is 10.6 Å². The number of rotatable bonds is 4. The molecular formula is C18H11F3N7O+. The number of halogens is 3. The smallest absolute Gasteiger partial charge is 0.325 e. The zero-order valence-electron chi connectivity index (χ0n) is 14.5. The van der Waals surface area contributed by atoms with E-state index in [1.807, 2.05) is 0 Å². The third kappa shape index (κ3) is 3.91. The highest BCUT2D eigenvalue weighted by Gasteiger charge is 2.30. The van der Waals surface area contributed by atoms with E-state index in [1.54, 1.807) is 12.1 Å². The third-order valence-corrected chi connectivity index (χ3v) is 3.84. The summed E-state index contributed by atoms with van der Waals surface area (Å²) in [5.74, 6) is 0.319. The van der Waals surface area contributed by atoms with Gasteiger partial charge in [-0.05, 0) is 24.3 Å². The fourth-order valence-electron chi connectivity index (χ4n) is 2.46. The maximum absolute atomic E-state index is 12.6. The molecule has 0 aromatic carbocycles. The SMILES string of the molecule is O=C(Nc1cnc2ccc#[n+]n12)c1ccnc(Nc2ccc(C(F)(F)F)cn2)c1. The lowest BCUT2D eigenvalue weighted by Crippen LogP contribution is -2.17. The monoisotopic (exact) mass is 398 g/mol. The van der Waals surface area contributed by atoms with Gasteiger partial charge in [0.15, 0.2) is 0 Å². The Labute approximate surface area is 161 Å². The molecule has 2 N–H and O–H groups in total. The summed E-state index contributed by atoms with van der Waals surface area (Å²) in [6.07, 6.45) is 1.75. The molecule has 0 aliphatic heterocycles. The summed E-state index contributed by atoms with van der Waals surface area (Å²) in [7, 11) is 0. The van der Waals surface area contributed by atoms with Crippen molar-refractivity contribution < 1.29 is 23.1 Å². The lowest BCUT2D eigenvalue weighted by atomic mass is 10.2. The summed E-state index contributed by atoms with van der Waals surface area (Å²) >= 11 is 0. The van der Waals surface area contributed by atoms with Crippen LogP contribution in [0.5, 0.6) is 0 Å². The first kappa shape index (κ1) is 18.2. The molecule has 0 aliphatic carbocycles. The van der Waals surface area contributed by atoms with Crippen LogP contribution in [0.3, 0.4) is 0 Å². The molecule has 4 aromatic rings. The summed E-state index contributed by atoms with van der Waals surface area (Å²) in [5.41, 5.74) is -0.0446. The highest BCUT2D eigenvalue weighted by molar-refractivity contribution is 6.04. The Kier molecular flexibility index (Phi) is 4.44. The van der Waals surface area contributed by atoms with Crippen LogP contribution in [0.25, 0.3) is 5.65 Å². The van der Waals surface area contributed by atoms with E-state index < -0.39 is 17.6 Å². The predicted octanol–water partition coefficient (Wildman–Crippen LogP) is 2.54. The van der Waals surface area contributed by atoms with Gasteiger partial charge in [-0.3, -0.25) is 4.79 Å². The first-order valence-corrected chi connectivity index (χ1v) is 8.19. The van der Waals surface area contributed by atoms with Gasteiger partial charge in [0, 0.05) is 28.5 Å². The molecule has 4 heterocycles. The number of nitrogens with one attached hydrogen (secondary N) is 2. The van der Waals surface area contributed by atoms with Crippen molar-refractivity contribution in [2.24, 2.45) is 0 Å². The van der Waals surface area contributed by atoms with Crippen molar-refractivity contribution >= 4 is 29.0 Å². The van der Waals surface area contributed by atoms with Crippen LogP contribution in [0.2, 0.25) is 0 Å². The van der Waals surface area contributed by atoms with Gasteiger partial charge in [0.1, 0.15) is 16.7 Å². The van der Waals surface area contributed by atoms with Crippen LogP contribution in [-0.2, 0) is 6.18 Å². The summed E-state index contributed by atoms with van der Waals surface area (Å²) in [4.78, 5) is 24.4. The minimum Gasteiger partial charge on any atom is -0.325 e. The summed E-state index contributed by atoms with van der Waals surface area (Å²) in [6.45, 7) is 0. The number of anilines is 3. The largest absolute Gasteiger partial charge is 0.417 e. The second-order valence-electron chi connectivity index (χ2n) is 5.81. The van der Waals surface area contributed by atoms with Crippen molar-refractivity contribution in [3.63, 3.8) is 0 Å². The van der Waals surface area contributed by atoms with E-state index in [2.05, 4.69) is 36.9 Å². The molecule has 0 bridgehead atoms. The van der Waals surface area contributed by atoms with Crippen LogP contribution in [0.4, 0.5) is 30.6 Å². The second-order valence-corrected chi connectivity index (χ2v) is 5.81. The third-order valence-electron chi connectivity index (χ3n) is 3.84. The van der Waals surface area contributed by atoms with Crippen molar-refractivity contribution in [2.45, 2.75) is 6.18 Å². The van der Waals surface area contributed by atoms with E-state index in [0.717, 1.165) is 6.07 Å². The Morgan fingerprint density at radius 2 is 1.93 bits per heavy atom. The molecule has 4 rings (SSSR count). The molecule has 8 nitrogen and oxygen atoms in total. The molecule has 0 saturated heterocycles. The highest BCUT2D eigenvalue weighted by atomic mass is 19.4. The quantitative estimate of drug-likeness (QED) is 0.548. The fraction of sp³-hybridized carbons (Fsp3) is 0.0556. The zero-order chi connectivity index (χ0) is 20.4. The summed E-state index contributed by atoms with van der Waals surface area (Å²) in [5, 5.41) is 9.43. The molecule has 0 unspecified atom stereocenters. The number of carbonyl (C=O) groups is 1. The van der Waals surface area contributed by atoms with E-state index in [-0.39, 0.29) is 17.2 Å². The predicted molar refractivity (Wildman–Crippen MR) is 94.3 cm³/mol. The van der Waals surface area contributed by atoms with Gasteiger partial charge in [-0.2, -0.15) is 13.2 Å². The molecule has 0 atom stereocenters. The average molecular weight is 398 g/mol. The number of pyridine rings is 2. The summed E-state index contributed by atoms with van der Waals surface area (Å²) < 4.78 is 39.3. The van der Waals surface area contributed by atoms with Crippen LogP contribution in [-0.4, -0.2) is 25.4 Å². The first-order chi connectivity index (χ1) is 13.9. The maximum atomic E-state index is 12.6. The Bertz CT molecular complexity index is 1170. The van der Waals surface area contributed by atoms with Gasteiger partial charge in [-0.15, -0.1) is 0 Å². The number of carbonyl (C=O) groups excluding carboxylic acids is 1. The minimum absolute atomic E-state index is 0.157. The van der Waals surface area contributed by atoms with Gasteiger partial charge >= 0.3 is 12.4 Å². The number of alkyl halides is 3. The van der Waals surface area contributed by atoms with Crippen LogP contribution in [0, 0.1) is 6.20 Å². The van der Waals surface area contributed by atoms with Gasteiger partial charge in [0.25, 0.3) is 5.91 Å². The second kappa shape index (κ2) is 7.08. The van der Waals surface area contributed by atoms with Crippen LogP contribution in [0.1, 0.15) is 15.9 Å². The van der Waals surface area contributed by atoms with E-state index >= 15 is 0 Å². The molecule has 0 radical (unpaired) electrons. The number of amides is 1. The lowest BCUT2D eigenvalue weighted by Gasteiger charge is -2.09. The molecule has 0 fully saturated rings. The summed E-state index contributed by atoms with van der Waals surface area (Å²) in [6, 6.07) is 8.30. The maximum Gasteiger partial charge on any atom is 0.417 e. The van der Waals surface area contributed by atoms with Crippen molar-refractivity contribution in [3.8, 4) is 0 Å². The molecule has 29 heavy (non-hydrogen) atoms. The molecule has 0 spiro atoms. The van der Waals surface area contributed by atoms with Crippen LogP contribution in [0.15, 0.2) is 55.0 Å². The zero-order valence-corrected chi connectivity index (χ0v) is 14.5. The molecule has 1 amide bonds. The number of hydrogen-bond donors (Lipinski definition) is 2. The highest BCUT2D eigenvalue weighted by Crippen LogP contribution is 2.29. The molecule has 0 saturated carbocycles. The van der Waals surface area contributed by atoms with Crippen LogP contribution >= 0.6 is 0 Å². The van der Waals surface area contributed by atoms with Crippen molar-refractivity contribution in [1.82, 2.24) is 19.5 Å². The molecular weight excluding hydrogens is 387 g/mol. The normalized spacial score (nSPS) is 11.1. The number of fused-ring (bicyclic) bond motifs is 1. The van der Waals surface area contributed by atoms with Gasteiger partial charge in [0.2, 0.25) is 11.5 Å². The standard InChI is InChI=1S/C18H10F3N7O/c19-18(20,21)12-3-4-13(23-9-12)26-14-8-11(5-7-22-14)17(29)27-16-10-24-15-2-1-6-25-28(15)16/h1-5,7-10H,(H,22,23,26)/p+1. The topological polar surface area (TPSA) is 98.3 Å². The van der Waals surface area contributed by atoms with Gasteiger partial charge in [-0.25, -0.2) is 15.0 Å². The Balaban J connectivity index is 1.50. The van der Waals surface area contributed by atoms with E-state index in [1.165, 1.54) is 35.1 Å². The van der Waals surface area contributed by atoms with Gasteiger partial charge in [-0.1, -0.05) is 0 Å². The molecule has 144 valence electrons. The number of nitrogens with zero attached hydrogens (tertiary/aromatic N) is 5. The Morgan fingerprint density at radius 3 is 2.69 bits per heavy atom. The molecule has 4 aromatic heterocycles. The van der Waals surface area contributed by atoms with Gasteiger partial charge in [0.05, 0.1) is 17.8 Å². The van der Waals surface area contributed by atoms with Crippen LogP contribution < -0.4 is 15.7 Å². The van der Waals surface area contributed by atoms with E-state index in [0.29, 0.717) is 17.7 Å². The number of imidazole rings is 1. The lowest BCUT2D eigenvalue weighted by molar-refractivity contribution is -0.391. The number of hydrogen-bond acceptors (Lipinski definition) is 5. The first-order valence-electron chi connectivity index (χ1n) is 8.19. The fourth-order valence-corrected chi connectivity index (χ4v) is 2.46. The Hall–Kier alpha value is -4.20. The van der Waals surface area contributed by atoms with E-state index in [9.17, 15) is 18.0 Å². The number of aromatic nitrogens is 5.